The topological polar surface area (TPSA) is 46.3 Å². The fraction of sp³-hybridized carbons (Fsp3) is 0.312. The van der Waals surface area contributed by atoms with Crippen LogP contribution in [0.1, 0.15) is 32.6 Å². The first kappa shape index (κ1) is 13.2. The summed E-state index contributed by atoms with van der Waals surface area (Å²) in [5, 5.41) is 0. The van der Waals surface area contributed by atoms with Crippen molar-refractivity contribution < 1.29 is 4.79 Å². The van der Waals surface area contributed by atoms with Gasteiger partial charge >= 0.3 is 0 Å². The van der Waals surface area contributed by atoms with Crippen molar-refractivity contribution >= 4 is 28.6 Å². The molecule has 0 atom stereocenters. The largest absolute Gasteiger partial charge is 0.398 e. The monoisotopic (exact) mass is 286 g/mol. The normalized spacial score (nSPS) is 13.6. The van der Waals surface area contributed by atoms with Gasteiger partial charge in [0, 0.05) is 22.8 Å². The molecule has 0 spiro atoms. The third kappa shape index (κ3) is 2.10. The van der Waals surface area contributed by atoms with Crippen LogP contribution in [0.4, 0.5) is 11.4 Å². The molecule has 1 aliphatic heterocycles. The zero-order valence-corrected chi connectivity index (χ0v) is 12.6. The second-order valence-electron chi connectivity index (χ2n) is 5.16. The molecule has 0 radical (unpaired) electrons. The predicted octanol–water partition coefficient (Wildman–Crippen LogP) is 3.40. The number of benzene rings is 1. The van der Waals surface area contributed by atoms with Gasteiger partial charge < -0.3 is 10.6 Å². The van der Waals surface area contributed by atoms with E-state index in [1.54, 1.807) is 11.3 Å². The lowest BCUT2D eigenvalue weighted by Gasteiger charge is -2.17. The fourth-order valence-electron chi connectivity index (χ4n) is 2.60. The van der Waals surface area contributed by atoms with Gasteiger partial charge in [0.2, 0.25) is 0 Å². The number of hydrogen-bond acceptors (Lipinski definition) is 3. The standard InChI is InChI=1S/C16H18N2OS/c1-3-12-4-5-15(20-12)16(19)18-7-6-11-8-10(2)13(17)9-14(11)18/h4-5,8-9H,3,6-7,17H2,1-2H3. The molecule has 1 aromatic carbocycles. The number of nitrogens with zero attached hydrogens (tertiary/aromatic N) is 1. The molecular formula is C16H18N2OS. The van der Waals surface area contributed by atoms with Gasteiger partial charge in [-0.2, -0.15) is 0 Å². The molecule has 0 bridgehead atoms. The molecular weight excluding hydrogens is 268 g/mol. The van der Waals surface area contributed by atoms with E-state index < -0.39 is 0 Å². The molecule has 0 unspecified atom stereocenters. The van der Waals surface area contributed by atoms with E-state index in [-0.39, 0.29) is 5.91 Å². The molecule has 0 saturated heterocycles. The Kier molecular flexibility index (Phi) is 3.26. The molecule has 1 amide bonds. The Morgan fingerprint density at radius 2 is 2.20 bits per heavy atom. The minimum atomic E-state index is 0.0942. The third-order valence-corrected chi connectivity index (χ3v) is 5.05. The van der Waals surface area contributed by atoms with Crippen molar-refractivity contribution in [2.75, 3.05) is 17.2 Å². The van der Waals surface area contributed by atoms with Crippen molar-refractivity contribution in [3.63, 3.8) is 0 Å². The SMILES string of the molecule is CCc1ccc(C(=O)N2CCc3cc(C)c(N)cc32)s1. The van der Waals surface area contributed by atoms with Crippen molar-refractivity contribution in [2.24, 2.45) is 0 Å². The lowest BCUT2D eigenvalue weighted by Crippen LogP contribution is -2.28. The van der Waals surface area contributed by atoms with Crippen molar-refractivity contribution in [2.45, 2.75) is 26.7 Å². The molecule has 0 fully saturated rings. The van der Waals surface area contributed by atoms with Crippen LogP contribution in [0.25, 0.3) is 0 Å². The van der Waals surface area contributed by atoms with Crippen molar-refractivity contribution in [1.29, 1.82) is 0 Å². The maximum Gasteiger partial charge on any atom is 0.268 e. The summed E-state index contributed by atoms with van der Waals surface area (Å²) in [5.41, 5.74) is 10.0. The lowest BCUT2D eigenvalue weighted by atomic mass is 10.1. The van der Waals surface area contributed by atoms with Crippen molar-refractivity contribution in [3.8, 4) is 0 Å². The van der Waals surface area contributed by atoms with Crippen LogP contribution >= 0.6 is 11.3 Å². The molecule has 3 rings (SSSR count). The van der Waals surface area contributed by atoms with Crippen molar-refractivity contribution in [3.05, 3.63) is 45.1 Å². The molecule has 1 aromatic heterocycles. The van der Waals surface area contributed by atoms with Gasteiger partial charge in [0.1, 0.15) is 0 Å². The Morgan fingerprint density at radius 3 is 2.90 bits per heavy atom. The minimum Gasteiger partial charge on any atom is -0.398 e. The maximum absolute atomic E-state index is 12.6. The average Bonchev–Trinajstić information content (AvgIpc) is 3.05. The van der Waals surface area contributed by atoms with Crippen LogP contribution in [-0.2, 0) is 12.8 Å². The van der Waals surface area contributed by atoms with E-state index >= 15 is 0 Å². The molecule has 0 saturated carbocycles. The number of carbonyl (C=O) groups excluding carboxylic acids is 1. The molecule has 4 heteroatoms. The molecule has 2 heterocycles. The van der Waals surface area contributed by atoms with E-state index in [0.717, 1.165) is 41.2 Å². The minimum absolute atomic E-state index is 0.0942. The lowest BCUT2D eigenvalue weighted by molar-refractivity contribution is 0.0993. The number of aryl methyl sites for hydroxylation is 2. The van der Waals surface area contributed by atoms with Crippen LogP contribution in [0.15, 0.2) is 24.3 Å². The fourth-order valence-corrected chi connectivity index (χ4v) is 3.50. The van der Waals surface area contributed by atoms with Crippen LogP contribution in [0.2, 0.25) is 0 Å². The number of nitrogens with two attached hydrogens (primary N) is 1. The van der Waals surface area contributed by atoms with E-state index in [4.69, 9.17) is 5.73 Å². The van der Waals surface area contributed by atoms with E-state index in [2.05, 4.69) is 13.0 Å². The van der Waals surface area contributed by atoms with E-state index in [9.17, 15) is 4.79 Å². The highest BCUT2D eigenvalue weighted by Gasteiger charge is 2.27. The molecule has 20 heavy (non-hydrogen) atoms. The van der Waals surface area contributed by atoms with E-state index in [1.165, 1.54) is 10.4 Å². The van der Waals surface area contributed by atoms with Gasteiger partial charge in [-0.1, -0.05) is 13.0 Å². The summed E-state index contributed by atoms with van der Waals surface area (Å²) in [5.74, 6) is 0.0942. The quantitative estimate of drug-likeness (QED) is 0.860. The molecule has 104 valence electrons. The summed E-state index contributed by atoms with van der Waals surface area (Å²) in [6, 6.07) is 8.01. The van der Waals surface area contributed by atoms with E-state index in [1.807, 2.05) is 30.0 Å². The number of nitrogen functional groups attached to an aromatic ring is 1. The Bertz CT molecular complexity index is 675. The van der Waals surface area contributed by atoms with Crippen LogP contribution in [-0.4, -0.2) is 12.5 Å². The Hall–Kier alpha value is -1.81. The Balaban J connectivity index is 1.94. The second kappa shape index (κ2) is 4.94. The zero-order valence-electron chi connectivity index (χ0n) is 11.8. The van der Waals surface area contributed by atoms with Gasteiger partial charge in [0.05, 0.1) is 4.88 Å². The van der Waals surface area contributed by atoms with Crippen LogP contribution < -0.4 is 10.6 Å². The van der Waals surface area contributed by atoms with Crippen LogP contribution in [0.5, 0.6) is 0 Å². The zero-order chi connectivity index (χ0) is 14.3. The first-order valence-corrected chi connectivity index (χ1v) is 7.71. The number of rotatable bonds is 2. The van der Waals surface area contributed by atoms with Gasteiger partial charge in [0.15, 0.2) is 0 Å². The maximum atomic E-state index is 12.6. The first-order valence-electron chi connectivity index (χ1n) is 6.89. The molecule has 2 aromatic rings. The summed E-state index contributed by atoms with van der Waals surface area (Å²) < 4.78 is 0. The molecule has 3 nitrogen and oxygen atoms in total. The molecule has 0 aliphatic carbocycles. The summed E-state index contributed by atoms with van der Waals surface area (Å²) in [6.07, 6.45) is 1.88. The van der Waals surface area contributed by atoms with Gasteiger partial charge in [-0.05, 0) is 49.1 Å². The Morgan fingerprint density at radius 1 is 1.40 bits per heavy atom. The number of amides is 1. The summed E-state index contributed by atoms with van der Waals surface area (Å²) in [4.78, 5) is 16.5. The van der Waals surface area contributed by atoms with Gasteiger partial charge in [-0.3, -0.25) is 4.79 Å². The van der Waals surface area contributed by atoms with Gasteiger partial charge in [-0.15, -0.1) is 11.3 Å². The number of fused-ring (bicyclic) bond motifs is 1. The highest BCUT2D eigenvalue weighted by atomic mass is 32.1. The van der Waals surface area contributed by atoms with Gasteiger partial charge in [0.25, 0.3) is 5.91 Å². The Labute approximate surface area is 123 Å². The number of hydrogen-bond donors (Lipinski definition) is 1. The van der Waals surface area contributed by atoms with Crippen LogP contribution in [0, 0.1) is 6.92 Å². The average molecular weight is 286 g/mol. The summed E-state index contributed by atoms with van der Waals surface area (Å²) >= 11 is 1.59. The highest BCUT2D eigenvalue weighted by Crippen LogP contribution is 2.33. The first-order chi connectivity index (χ1) is 9.60. The third-order valence-electron chi connectivity index (χ3n) is 3.83. The smallest absolute Gasteiger partial charge is 0.268 e. The number of thiophene rings is 1. The highest BCUT2D eigenvalue weighted by molar-refractivity contribution is 7.14. The van der Waals surface area contributed by atoms with Crippen LogP contribution in [0.3, 0.4) is 0 Å². The summed E-state index contributed by atoms with van der Waals surface area (Å²) in [7, 11) is 0. The van der Waals surface area contributed by atoms with E-state index in [0.29, 0.717) is 0 Å². The number of carbonyl (C=O) groups is 1. The molecule has 1 aliphatic rings. The number of anilines is 2. The predicted molar refractivity (Wildman–Crippen MR) is 84.7 cm³/mol. The second-order valence-corrected chi connectivity index (χ2v) is 6.33. The van der Waals surface area contributed by atoms with Gasteiger partial charge in [-0.25, -0.2) is 0 Å². The summed E-state index contributed by atoms with van der Waals surface area (Å²) in [6.45, 7) is 4.86. The molecule has 2 N–H and O–H groups in total. The van der Waals surface area contributed by atoms with Crippen molar-refractivity contribution in [1.82, 2.24) is 0 Å².